The minimum absolute atomic E-state index is 0.671. The summed E-state index contributed by atoms with van der Waals surface area (Å²) in [5.74, 6) is 0.882. The monoisotopic (exact) mass is 362 g/mol. The third-order valence-electron chi connectivity index (χ3n) is 3.20. The van der Waals surface area contributed by atoms with Gasteiger partial charge in [-0.15, -0.1) is 11.3 Å². The van der Waals surface area contributed by atoms with E-state index in [0.29, 0.717) is 6.54 Å². The molecule has 0 bridgehead atoms. The molecular formula is C15H15BrN4S. The van der Waals surface area contributed by atoms with E-state index in [2.05, 4.69) is 48.7 Å². The maximum Gasteiger partial charge on any atom is 0.138 e. The molecule has 3 aromatic rings. The molecule has 4 nitrogen and oxygen atoms in total. The van der Waals surface area contributed by atoms with Crippen LogP contribution in [0.1, 0.15) is 6.42 Å². The first-order valence-electron chi connectivity index (χ1n) is 6.71. The molecule has 1 aromatic carbocycles. The number of benzene rings is 1. The third-order valence-corrected chi connectivity index (χ3v) is 4.61. The van der Waals surface area contributed by atoms with Crippen molar-refractivity contribution in [3.8, 4) is 11.1 Å². The summed E-state index contributed by atoms with van der Waals surface area (Å²) in [6, 6.07) is 8.29. The van der Waals surface area contributed by atoms with E-state index in [4.69, 9.17) is 5.73 Å². The van der Waals surface area contributed by atoms with E-state index < -0.39 is 0 Å². The van der Waals surface area contributed by atoms with Gasteiger partial charge in [-0.1, -0.05) is 28.1 Å². The number of thiophene rings is 1. The van der Waals surface area contributed by atoms with E-state index in [0.717, 1.165) is 33.5 Å². The molecule has 21 heavy (non-hydrogen) atoms. The van der Waals surface area contributed by atoms with Crippen LogP contribution in [0.2, 0.25) is 0 Å². The Labute approximate surface area is 135 Å². The number of hydrogen-bond acceptors (Lipinski definition) is 5. The molecule has 0 atom stereocenters. The van der Waals surface area contributed by atoms with Gasteiger partial charge in [0.2, 0.25) is 0 Å². The van der Waals surface area contributed by atoms with Gasteiger partial charge in [-0.05, 0) is 30.7 Å². The second-order valence-electron chi connectivity index (χ2n) is 4.63. The van der Waals surface area contributed by atoms with Gasteiger partial charge in [-0.2, -0.15) is 0 Å². The first kappa shape index (κ1) is 14.4. The quantitative estimate of drug-likeness (QED) is 0.676. The number of fused-ring (bicyclic) bond motifs is 1. The van der Waals surface area contributed by atoms with Gasteiger partial charge < -0.3 is 11.1 Å². The van der Waals surface area contributed by atoms with Gasteiger partial charge >= 0.3 is 0 Å². The standard InChI is InChI=1S/C15H15BrN4S/c16-11-4-2-10(3-5-11)12-8-21-15-13(12)14(19-9-20-15)18-7-1-6-17/h2-5,8-9H,1,6-7,17H2,(H,18,19,20). The Morgan fingerprint density at radius 2 is 2.00 bits per heavy atom. The number of halogens is 1. The summed E-state index contributed by atoms with van der Waals surface area (Å²) in [5, 5.41) is 6.58. The van der Waals surface area contributed by atoms with Gasteiger partial charge in [0.05, 0.1) is 5.39 Å². The molecule has 0 amide bonds. The average molecular weight is 363 g/mol. The van der Waals surface area contributed by atoms with Crippen LogP contribution in [-0.4, -0.2) is 23.1 Å². The lowest BCUT2D eigenvalue weighted by Gasteiger charge is -2.07. The number of hydrogen-bond donors (Lipinski definition) is 2. The largest absolute Gasteiger partial charge is 0.369 e. The second kappa shape index (κ2) is 6.51. The van der Waals surface area contributed by atoms with E-state index in [-0.39, 0.29) is 0 Å². The molecular weight excluding hydrogens is 348 g/mol. The van der Waals surface area contributed by atoms with Crippen molar-refractivity contribution in [2.75, 3.05) is 18.4 Å². The summed E-state index contributed by atoms with van der Waals surface area (Å²) in [6.45, 7) is 1.49. The molecule has 2 heterocycles. The average Bonchev–Trinajstić information content (AvgIpc) is 2.93. The van der Waals surface area contributed by atoms with Crippen LogP contribution in [0.25, 0.3) is 21.3 Å². The van der Waals surface area contributed by atoms with Gasteiger partial charge in [0.15, 0.2) is 0 Å². The fourth-order valence-electron chi connectivity index (χ4n) is 2.16. The van der Waals surface area contributed by atoms with Crippen molar-refractivity contribution >= 4 is 43.3 Å². The first-order valence-corrected chi connectivity index (χ1v) is 8.39. The highest BCUT2D eigenvalue weighted by molar-refractivity contribution is 9.10. The number of nitrogens with two attached hydrogens (primary N) is 1. The Kier molecular flexibility index (Phi) is 4.48. The van der Waals surface area contributed by atoms with Crippen molar-refractivity contribution in [2.45, 2.75) is 6.42 Å². The molecule has 0 fully saturated rings. The van der Waals surface area contributed by atoms with Crippen LogP contribution in [0.15, 0.2) is 40.4 Å². The number of aromatic nitrogens is 2. The van der Waals surface area contributed by atoms with Crippen LogP contribution in [0, 0.1) is 0 Å². The Bertz CT molecular complexity index is 739. The molecule has 0 saturated heterocycles. The minimum Gasteiger partial charge on any atom is -0.369 e. The van der Waals surface area contributed by atoms with E-state index in [1.165, 1.54) is 11.1 Å². The van der Waals surface area contributed by atoms with Crippen LogP contribution in [0.5, 0.6) is 0 Å². The highest BCUT2D eigenvalue weighted by atomic mass is 79.9. The molecule has 0 unspecified atom stereocenters. The van der Waals surface area contributed by atoms with Crippen molar-refractivity contribution < 1.29 is 0 Å². The minimum atomic E-state index is 0.671. The molecule has 3 rings (SSSR count). The van der Waals surface area contributed by atoms with Gasteiger partial charge in [0.25, 0.3) is 0 Å². The van der Waals surface area contributed by atoms with Gasteiger partial charge in [0, 0.05) is 22.0 Å². The van der Waals surface area contributed by atoms with Crippen molar-refractivity contribution in [1.82, 2.24) is 9.97 Å². The first-order chi connectivity index (χ1) is 10.3. The van der Waals surface area contributed by atoms with E-state index in [9.17, 15) is 0 Å². The lowest BCUT2D eigenvalue weighted by molar-refractivity contribution is 0.871. The fourth-order valence-corrected chi connectivity index (χ4v) is 3.34. The Morgan fingerprint density at radius 1 is 1.19 bits per heavy atom. The smallest absolute Gasteiger partial charge is 0.138 e. The summed E-state index contributed by atoms with van der Waals surface area (Å²) in [4.78, 5) is 9.75. The number of nitrogens with zero attached hydrogens (tertiary/aromatic N) is 2. The Balaban J connectivity index is 2.04. The molecule has 108 valence electrons. The van der Waals surface area contributed by atoms with Crippen LogP contribution >= 0.6 is 27.3 Å². The van der Waals surface area contributed by atoms with Gasteiger partial charge in [-0.3, -0.25) is 0 Å². The number of anilines is 1. The predicted octanol–water partition coefficient (Wildman–Crippen LogP) is 3.88. The summed E-state index contributed by atoms with van der Waals surface area (Å²) in [5.41, 5.74) is 7.88. The Hall–Kier alpha value is -1.50. The van der Waals surface area contributed by atoms with Crippen molar-refractivity contribution in [1.29, 1.82) is 0 Å². The zero-order chi connectivity index (χ0) is 14.7. The maximum atomic E-state index is 5.55. The Morgan fingerprint density at radius 3 is 2.76 bits per heavy atom. The van der Waals surface area contributed by atoms with E-state index in [1.807, 2.05) is 12.1 Å². The zero-order valence-electron chi connectivity index (χ0n) is 11.3. The van der Waals surface area contributed by atoms with Gasteiger partial charge in [0.1, 0.15) is 17.0 Å². The molecule has 0 spiro atoms. The number of rotatable bonds is 5. The normalized spacial score (nSPS) is 11.0. The van der Waals surface area contributed by atoms with Crippen LogP contribution < -0.4 is 11.1 Å². The molecule has 0 radical (unpaired) electrons. The maximum absolute atomic E-state index is 5.55. The summed E-state index contributed by atoms with van der Waals surface area (Å²) in [7, 11) is 0. The van der Waals surface area contributed by atoms with Gasteiger partial charge in [-0.25, -0.2) is 9.97 Å². The third kappa shape index (κ3) is 3.07. The van der Waals surface area contributed by atoms with Crippen molar-refractivity contribution in [3.63, 3.8) is 0 Å². The van der Waals surface area contributed by atoms with Crippen molar-refractivity contribution in [2.24, 2.45) is 5.73 Å². The van der Waals surface area contributed by atoms with Crippen LogP contribution in [-0.2, 0) is 0 Å². The molecule has 0 aliphatic rings. The molecule has 0 saturated carbocycles. The fraction of sp³-hybridized carbons (Fsp3) is 0.200. The number of nitrogens with one attached hydrogen (secondary N) is 1. The molecule has 0 aliphatic carbocycles. The molecule has 2 aromatic heterocycles. The lowest BCUT2D eigenvalue weighted by atomic mass is 10.1. The zero-order valence-corrected chi connectivity index (χ0v) is 13.7. The molecule has 3 N–H and O–H groups in total. The van der Waals surface area contributed by atoms with Crippen LogP contribution in [0.3, 0.4) is 0 Å². The summed E-state index contributed by atoms with van der Waals surface area (Å²) < 4.78 is 1.07. The predicted molar refractivity (Wildman–Crippen MR) is 92.7 cm³/mol. The summed E-state index contributed by atoms with van der Waals surface area (Å²) in [6.07, 6.45) is 2.53. The van der Waals surface area contributed by atoms with E-state index >= 15 is 0 Å². The van der Waals surface area contributed by atoms with Crippen LogP contribution in [0.4, 0.5) is 5.82 Å². The second-order valence-corrected chi connectivity index (χ2v) is 6.40. The lowest BCUT2D eigenvalue weighted by Crippen LogP contribution is -2.09. The van der Waals surface area contributed by atoms with Crippen molar-refractivity contribution in [3.05, 3.63) is 40.4 Å². The summed E-state index contributed by atoms with van der Waals surface area (Å²) >= 11 is 5.11. The molecule has 6 heteroatoms. The van der Waals surface area contributed by atoms with E-state index in [1.54, 1.807) is 17.7 Å². The molecule has 0 aliphatic heterocycles. The highest BCUT2D eigenvalue weighted by Crippen LogP contribution is 2.36. The topological polar surface area (TPSA) is 63.8 Å². The SMILES string of the molecule is NCCCNc1ncnc2scc(-c3ccc(Br)cc3)c12. The highest BCUT2D eigenvalue weighted by Gasteiger charge is 2.12.